The number of piperidine rings is 1. The van der Waals surface area contributed by atoms with Crippen LogP contribution in [0.3, 0.4) is 0 Å². The maximum atomic E-state index is 14.2. The fraction of sp³-hybridized carbons (Fsp3) is 0.543. The Labute approximate surface area is 243 Å². The Bertz CT molecular complexity index is 1310. The van der Waals surface area contributed by atoms with Gasteiger partial charge in [-0.3, -0.25) is 9.48 Å². The molecule has 0 radical (unpaired) electrons. The summed E-state index contributed by atoms with van der Waals surface area (Å²) in [7, 11) is 0. The molecule has 6 heteroatoms. The number of carboxylic acids is 1. The van der Waals surface area contributed by atoms with E-state index in [1.54, 1.807) is 6.07 Å². The molecule has 3 aromatic rings. The summed E-state index contributed by atoms with van der Waals surface area (Å²) in [5.41, 5.74) is 4.84. The first-order chi connectivity index (χ1) is 20.0. The van der Waals surface area contributed by atoms with Crippen molar-refractivity contribution in [3.63, 3.8) is 0 Å². The van der Waals surface area contributed by atoms with Gasteiger partial charge < -0.3 is 10.0 Å². The van der Waals surface area contributed by atoms with Gasteiger partial charge in [0.1, 0.15) is 5.82 Å². The quantitative estimate of drug-likeness (QED) is 0.273. The number of hydrogen-bond donors (Lipinski definition) is 1. The van der Waals surface area contributed by atoms with Crippen LogP contribution < -0.4 is 0 Å². The monoisotopic (exact) mass is 557 g/mol. The van der Waals surface area contributed by atoms with E-state index in [0.29, 0.717) is 17.8 Å². The molecule has 218 valence electrons. The number of rotatable bonds is 11. The highest BCUT2D eigenvalue weighted by Gasteiger charge is 2.43. The minimum absolute atomic E-state index is 0.172. The van der Waals surface area contributed by atoms with Crippen LogP contribution in [0.4, 0.5) is 4.39 Å². The second kappa shape index (κ2) is 12.5. The Morgan fingerprint density at radius 2 is 1.80 bits per heavy atom. The molecule has 2 aromatic carbocycles. The molecule has 3 aliphatic rings. The largest absolute Gasteiger partial charge is 0.481 e. The maximum Gasteiger partial charge on any atom is 0.306 e. The molecule has 2 saturated carbocycles. The normalized spacial score (nSPS) is 24.5. The van der Waals surface area contributed by atoms with E-state index in [9.17, 15) is 14.3 Å². The summed E-state index contributed by atoms with van der Waals surface area (Å²) in [6.07, 6.45) is 8.02. The second-order valence-electron chi connectivity index (χ2n) is 12.9. The lowest BCUT2D eigenvalue weighted by molar-refractivity contribution is -0.144. The Morgan fingerprint density at radius 1 is 1.02 bits per heavy atom. The van der Waals surface area contributed by atoms with Crippen molar-refractivity contribution < 1.29 is 14.3 Å². The molecule has 0 bridgehead atoms. The van der Waals surface area contributed by atoms with Gasteiger partial charge in [0.2, 0.25) is 0 Å². The molecule has 2 heterocycles. The lowest BCUT2D eigenvalue weighted by atomic mass is 9.85. The molecule has 0 amide bonds. The van der Waals surface area contributed by atoms with Crippen molar-refractivity contribution in [1.29, 1.82) is 0 Å². The number of aliphatic carboxylic acids is 1. The summed E-state index contributed by atoms with van der Waals surface area (Å²) in [4.78, 5) is 14.9. The minimum atomic E-state index is -0.638. The van der Waals surface area contributed by atoms with Gasteiger partial charge in [0, 0.05) is 31.1 Å². The Hall–Kier alpha value is -2.99. The minimum Gasteiger partial charge on any atom is -0.481 e. The average molecular weight is 558 g/mol. The molecule has 2 aliphatic carbocycles. The van der Waals surface area contributed by atoms with E-state index in [-0.39, 0.29) is 23.6 Å². The predicted octanol–water partition coefficient (Wildman–Crippen LogP) is 7.12. The molecule has 41 heavy (non-hydrogen) atoms. The molecule has 5 nitrogen and oxygen atoms in total. The van der Waals surface area contributed by atoms with E-state index in [1.165, 1.54) is 30.2 Å². The van der Waals surface area contributed by atoms with Gasteiger partial charge in [-0.2, -0.15) is 5.10 Å². The van der Waals surface area contributed by atoms with Crippen molar-refractivity contribution in [3.05, 3.63) is 89.0 Å². The van der Waals surface area contributed by atoms with Crippen LogP contribution in [-0.2, 0) is 17.8 Å². The van der Waals surface area contributed by atoms with Crippen LogP contribution in [0.25, 0.3) is 0 Å². The summed E-state index contributed by atoms with van der Waals surface area (Å²) < 4.78 is 16.4. The third kappa shape index (κ3) is 6.74. The average Bonchev–Trinajstić information content (AvgIpc) is 3.57. The maximum absolute atomic E-state index is 14.2. The highest BCUT2D eigenvalue weighted by atomic mass is 19.1. The van der Waals surface area contributed by atoms with Crippen LogP contribution in [-0.4, -0.2) is 45.4 Å². The van der Waals surface area contributed by atoms with Crippen LogP contribution in [0, 0.1) is 29.5 Å². The molecule has 2 unspecified atom stereocenters. The Balaban J connectivity index is 1.12. The zero-order valence-electron chi connectivity index (χ0n) is 24.3. The Morgan fingerprint density at radius 3 is 2.49 bits per heavy atom. The lowest BCUT2D eigenvalue weighted by Crippen LogP contribution is -2.37. The van der Waals surface area contributed by atoms with Gasteiger partial charge >= 0.3 is 5.97 Å². The molecule has 0 spiro atoms. The van der Waals surface area contributed by atoms with Crippen molar-refractivity contribution in [1.82, 2.24) is 14.7 Å². The lowest BCUT2D eigenvalue weighted by Gasteiger charge is -2.35. The molecular weight excluding hydrogens is 513 g/mol. The van der Waals surface area contributed by atoms with Crippen LogP contribution in [0.5, 0.6) is 0 Å². The number of halogens is 1. The van der Waals surface area contributed by atoms with Crippen LogP contribution in [0.1, 0.15) is 86.2 Å². The van der Waals surface area contributed by atoms with Crippen molar-refractivity contribution in [2.75, 3.05) is 19.6 Å². The third-order valence-corrected chi connectivity index (χ3v) is 10.1. The third-order valence-electron chi connectivity index (χ3n) is 10.1. The number of aryl methyl sites for hydroxylation is 1. The SMILES string of the molecule is CCn1nc(Cc2ccccc2)cc1C1CCN(C[C@H]2CC(C(CC3CC3)C(=O)O)C[C@@H]2c2cccc(F)c2)CC1. The standard InChI is InChI=1S/C35H44FN3O2/c1-2-39-34(22-31(37-39)17-24-7-4-3-5-8-24)26-13-15-38(16-14-26)23-29-19-28(33(35(40)41)18-25-11-12-25)21-32(29)27-9-6-10-30(36)20-27/h3-10,20,22,25-26,28-29,32-33H,2,11-19,21,23H2,1H3,(H,40,41)/t28?,29-,32-,33?/m1/s1. The highest BCUT2D eigenvalue weighted by Crippen LogP contribution is 2.49. The highest BCUT2D eigenvalue weighted by molar-refractivity contribution is 5.70. The first kappa shape index (κ1) is 28.1. The molecule has 4 atom stereocenters. The summed E-state index contributed by atoms with van der Waals surface area (Å²) in [5, 5.41) is 15.0. The number of benzene rings is 2. The number of hydrogen-bond acceptors (Lipinski definition) is 3. The van der Waals surface area contributed by atoms with Crippen molar-refractivity contribution in [2.24, 2.45) is 23.7 Å². The summed E-state index contributed by atoms with van der Waals surface area (Å²) in [5.74, 6) is 0.743. The molecular formula is C35H44FN3O2. The summed E-state index contributed by atoms with van der Waals surface area (Å²) in [6.45, 7) is 6.10. The number of nitrogens with zero attached hydrogens (tertiary/aromatic N) is 3. The van der Waals surface area contributed by atoms with Crippen LogP contribution in [0.15, 0.2) is 60.7 Å². The molecule has 6 rings (SSSR count). The fourth-order valence-corrected chi connectivity index (χ4v) is 7.75. The smallest absolute Gasteiger partial charge is 0.306 e. The zero-order valence-corrected chi connectivity index (χ0v) is 24.3. The molecule has 1 saturated heterocycles. The molecule has 1 N–H and O–H groups in total. The summed E-state index contributed by atoms with van der Waals surface area (Å²) in [6, 6.07) is 19.9. The number of likely N-dealkylation sites (tertiary alicyclic amines) is 1. The molecule has 1 aromatic heterocycles. The van der Waals surface area contributed by atoms with Crippen molar-refractivity contribution in [3.8, 4) is 0 Å². The van der Waals surface area contributed by atoms with Crippen LogP contribution >= 0.6 is 0 Å². The van der Waals surface area contributed by atoms with Crippen LogP contribution in [0.2, 0.25) is 0 Å². The number of aromatic nitrogens is 2. The van der Waals surface area contributed by atoms with Gasteiger partial charge in [0.05, 0.1) is 11.6 Å². The topological polar surface area (TPSA) is 58.4 Å². The predicted molar refractivity (Wildman–Crippen MR) is 159 cm³/mol. The zero-order chi connectivity index (χ0) is 28.3. The van der Waals surface area contributed by atoms with Crippen molar-refractivity contribution in [2.45, 2.75) is 76.7 Å². The second-order valence-corrected chi connectivity index (χ2v) is 12.9. The first-order valence-corrected chi connectivity index (χ1v) is 15.8. The van der Waals surface area contributed by atoms with Gasteiger partial charge in [-0.05, 0) is 105 Å². The summed E-state index contributed by atoms with van der Waals surface area (Å²) >= 11 is 0. The van der Waals surface area contributed by atoms with E-state index in [2.05, 4.69) is 52.9 Å². The number of carboxylic acid groups (broad SMARTS) is 1. The number of carbonyl (C=O) groups is 1. The van der Waals surface area contributed by atoms with E-state index in [4.69, 9.17) is 5.10 Å². The van der Waals surface area contributed by atoms with Gasteiger partial charge in [0.25, 0.3) is 0 Å². The van der Waals surface area contributed by atoms with E-state index in [1.807, 2.05) is 12.1 Å². The molecule has 1 aliphatic heterocycles. The Kier molecular flexibility index (Phi) is 8.57. The van der Waals surface area contributed by atoms with Crippen molar-refractivity contribution >= 4 is 5.97 Å². The van der Waals surface area contributed by atoms with E-state index in [0.717, 1.165) is 76.0 Å². The van der Waals surface area contributed by atoms with E-state index >= 15 is 0 Å². The van der Waals surface area contributed by atoms with Gasteiger partial charge in [-0.15, -0.1) is 0 Å². The first-order valence-electron chi connectivity index (χ1n) is 15.8. The molecule has 3 fully saturated rings. The fourth-order valence-electron chi connectivity index (χ4n) is 7.75. The van der Waals surface area contributed by atoms with Gasteiger partial charge in [-0.25, -0.2) is 4.39 Å². The van der Waals surface area contributed by atoms with Gasteiger partial charge in [0.15, 0.2) is 0 Å². The van der Waals surface area contributed by atoms with Gasteiger partial charge in [-0.1, -0.05) is 55.3 Å². The van der Waals surface area contributed by atoms with E-state index < -0.39 is 5.97 Å².